The molecule has 0 bridgehead atoms. The molecule has 0 aliphatic rings. The van der Waals surface area contributed by atoms with E-state index in [4.69, 9.17) is 4.74 Å². The molecule has 1 amide bonds. The van der Waals surface area contributed by atoms with Crippen LogP contribution in [0.3, 0.4) is 0 Å². The third-order valence-corrected chi connectivity index (χ3v) is 3.50. The van der Waals surface area contributed by atoms with E-state index in [-0.39, 0.29) is 11.7 Å². The van der Waals surface area contributed by atoms with Crippen LogP contribution in [0.15, 0.2) is 30.3 Å². The molecule has 2 atom stereocenters. The van der Waals surface area contributed by atoms with Crippen molar-refractivity contribution < 1.29 is 27.8 Å². The van der Waals surface area contributed by atoms with Crippen molar-refractivity contribution in [3.8, 4) is 5.75 Å². The first-order chi connectivity index (χ1) is 11.4. The Labute approximate surface area is 139 Å². The van der Waals surface area contributed by atoms with E-state index in [1.165, 1.54) is 43.5 Å². The lowest BCUT2D eigenvalue weighted by atomic mass is 9.99. The highest BCUT2D eigenvalue weighted by molar-refractivity contribution is 5.94. The van der Waals surface area contributed by atoms with Crippen molar-refractivity contribution in [1.29, 1.82) is 0 Å². The van der Waals surface area contributed by atoms with Gasteiger partial charge in [0.15, 0.2) is 0 Å². The van der Waals surface area contributed by atoms with Crippen molar-refractivity contribution in [1.82, 2.24) is 5.32 Å². The molecule has 0 aliphatic heterocycles. The molecule has 0 aromatic heterocycles. The fourth-order valence-electron chi connectivity index (χ4n) is 1.93. The van der Waals surface area contributed by atoms with Gasteiger partial charge in [0.1, 0.15) is 11.8 Å². The summed E-state index contributed by atoms with van der Waals surface area (Å²) in [5.74, 6) is -0.979. The minimum Gasteiger partial charge on any atom is -0.467 e. The van der Waals surface area contributed by atoms with Crippen LogP contribution < -0.4 is 10.1 Å². The van der Waals surface area contributed by atoms with Gasteiger partial charge in [-0.05, 0) is 29.7 Å². The minimum absolute atomic E-state index is 0.0362. The number of methoxy groups -OCH3 is 1. The summed E-state index contributed by atoms with van der Waals surface area (Å²) in [6.07, 6.45) is 3.48. The molecule has 1 aromatic rings. The standard InChI is InChI=1S/C17H21F2NO4/c1-4-11(2)15(16(22)23-3)20-14(21)10-7-12-5-8-13(9-6-12)24-17(18)19/h5-11,15,17H,4H2,1-3H3,(H,20,21)/b10-7+/t11-,15-/m0/s1. The molecule has 7 heteroatoms. The van der Waals surface area contributed by atoms with Crippen molar-refractivity contribution in [2.24, 2.45) is 5.92 Å². The van der Waals surface area contributed by atoms with E-state index in [1.54, 1.807) is 0 Å². The number of halogens is 2. The molecule has 0 radical (unpaired) electrons. The molecular weight excluding hydrogens is 320 g/mol. The maximum atomic E-state index is 12.1. The third-order valence-electron chi connectivity index (χ3n) is 3.50. The summed E-state index contributed by atoms with van der Waals surface area (Å²) in [7, 11) is 1.27. The van der Waals surface area contributed by atoms with Crippen molar-refractivity contribution in [3.63, 3.8) is 0 Å². The van der Waals surface area contributed by atoms with Gasteiger partial charge >= 0.3 is 12.6 Å². The maximum absolute atomic E-state index is 12.1. The monoisotopic (exact) mass is 341 g/mol. The normalized spacial score (nSPS) is 13.6. The van der Waals surface area contributed by atoms with Gasteiger partial charge in [-0.1, -0.05) is 32.4 Å². The predicted octanol–water partition coefficient (Wildman–Crippen LogP) is 3.01. The number of nitrogens with one attached hydrogen (secondary N) is 1. The van der Waals surface area contributed by atoms with Crippen LogP contribution in [0.4, 0.5) is 8.78 Å². The topological polar surface area (TPSA) is 64.6 Å². The van der Waals surface area contributed by atoms with Crippen molar-refractivity contribution >= 4 is 18.0 Å². The second-order valence-electron chi connectivity index (χ2n) is 5.18. The number of esters is 1. The first-order valence-electron chi connectivity index (χ1n) is 7.48. The summed E-state index contributed by atoms with van der Waals surface area (Å²) in [5, 5.41) is 2.60. The molecule has 0 heterocycles. The van der Waals surface area contributed by atoms with Crippen LogP contribution in [0.25, 0.3) is 6.08 Å². The minimum atomic E-state index is -2.88. The van der Waals surface area contributed by atoms with E-state index < -0.39 is 24.5 Å². The molecular formula is C17H21F2NO4. The number of amides is 1. The average Bonchev–Trinajstić information content (AvgIpc) is 2.57. The number of hydrogen-bond donors (Lipinski definition) is 1. The number of rotatable bonds is 8. The molecule has 0 spiro atoms. The fourth-order valence-corrected chi connectivity index (χ4v) is 1.93. The molecule has 1 aromatic carbocycles. The second kappa shape index (κ2) is 9.64. The predicted molar refractivity (Wildman–Crippen MR) is 85.5 cm³/mol. The van der Waals surface area contributed by atoms with Crippen LogP contribution in [0.2, 0.25) is 0 Å². The summed E-state index contributed by atoms with van der Waals surface area (Å²) in [6.45, 7) is 0.867. The van der Waals surface area contributed by atoms with Gasteiger partial charge in [-0.2, -0.15) is 8.78 Å². The Morgan fingerprint density at radius 2 is 1.88 bits per heavy atom. The van der Waals surface area contributed by atoms with Gasteiger partial charge in [0.05, 0.1) is 7.11 Å². The Morgan fingerprint density at radius 1 is 1.25 bits per heavy atom. The molecule has 132 valence electrons. The first-order valence-corrected chi connectivity index (χ1v) is 7.48. The van der Waals surface area contributed by atoms with Gasteiger partial charge in [0.25, 0.3) is 0 Å². The Hall–Kier alpha value is -2.44. The van der Waals surface area contributed by atoms with Crippen LogP contribution >= 0.6 is 0 Å². The van der Waals surface area contributed by atoms with Gasteiger partial charge in [0.2, 0.25) is 5.91 Å². The first kappa shape index (κ1) is 19.6. The number of carbonyl (C=O) groups excluding carboxylic acids is 2. The Balaban J connectivity index is 2.68. The van der Waals surface area contributed by atoms with Gasteiger partial charge in [0, 0.05) is 6.08 Å². The molecule has 24 heavy (non-hydrogen) atoms. The molecule has 5 nitrogen and oxygen atoms in total. The lowest BCUT2D eigenvalue weighted by molar-refractivity contribution is -0.146. The van der Waals surface area contributed by atoms with E-state index >= 15 is 0 Å². The van der Waals surface area contributed by atoms with Gasteiger partial charge in [-0.3, -0.25) is 4.79 Å². The number of hydrogen-bond acceptors (Lipinski definition) is 4. The quantitative estimate of drug-likeness (QED) is 0.583. The smallest absolute Gasteiger partial charge is 0.387 e. The molecule has 0 fully saturated rings. The van der Waals surface area contributed by atoms with Crippen molar-refractivity contribution in [2.45, 2.75) is 32.9 Å². The summed E-state index contributed by atoms with van der Waals surface area (Å²) >= 11 is 0. The molecule has 0 saturated carbocycles. The van der Waals surface area contributed by atoms with Crippen molar-refractivity contribution in [3.05, 3.63) is 35.9 Å². The van der Waals surface area contributed by atoms with E-state index in [2.05, 4.69) is 10.1 Å². The van der Waals surface area contributed by atoms with Gasteiger partial charge < -0.3 is 14.8 Å². The lowest BCUT2D eigenvalue weighted by Crippen LogP contribution is -2.45. The zero-order valence-electron chi connectivity index (χ0n) is 13.8. The summed E-state index contributed by atoms with van der Waals surface area (Å²) in [5.41, 5.74) is 0.630. The van der Waals surface area contributed by atoms with Crippen LogP contribution in [0, 0.1) is 5.92 Å². The average molecular weight is 341 g/mol. The third kappa shape index (κ3) is 6.36. The SMILES string of the molecule is CC[C@H](C)[C@H](NC(=O)/C=C/c1ccc(OC(F)F)cc1)C(=O)OC. The molecule has 0 unspecified atom stereocenters. The Kier molecular flexibility index (Phi) is 7.88. The van der Waals surface area contributed by atoms with Crippen molar-refractivity contribution in [2.75, 3.05) is 7.11 Å². The highest BCUT2D eigenvalue weighted by atomic mass is 19.3. The number of benzene rings is 1. The van der Waals surface area contributed by atoms with E-state index in [1.807, 2.05) is 13.8 Å². The molecule has 0 aliphatic carbocycles. The Morgan fingerprint density at radius 3 is 2.38 bits per heavy atom. The van der Waals surface area contributed by atoms with Crippen LogP contribution in [0.1, 0.15) is 25.8 Å². The largest absolute Gasteiger partial charge is 0.467 e. The summed E-state index contributed by atoms with van der Waals surface area (Å²) in [6, 6.07) is 5.10. The zero-order valence-corrected chi connectivity index (χ0v) is 13.8. The number of alkyl halides is 2. The molecule has 1 rings (SSSR count). The zero-order chi connectivity index (χ0) is 18.1. The molecule has 0 saturated heterocycles. The molecule has 1 N–H and O–H groups in total. The van der Waals surface area contributed by atoms with Gasteiger partial charge in [-0.25, -0.2) is 4.79 Å². The number of carbonyl (C=O) groups is 2. The van der Waals surface area contributed by atoms with Gasteiger partial charge in [-0.15, -0.1) is 0 Å². The summed E-state index contributed by atoms with van der Waals surface area (Å²) < 4.78 is 33.0. The van der Waals surface area contributed by atoms with Crippen LogP contribution in [-0.4, -0.2) is 31.6 Å². The highest BCUT2D eigenvalue weighted by Gasteiger charge is 2.25. The van der Waals surface area contributed by atoms with E-state index in [0.717, 1.165) is 0 Å². The lowest BCUT2D eigenvalue weighted by Gasteiger charge is -2.20. The number of ether oxygens (including phenoxy) is 2. The fraction of sp³-hybridized carbons (Fsp3) is 0.412. The highest BCUT2D eigenvalue weighted by Crippen LogP contribution is 2.15. The maximum Gasteiger partial charge on any atom is 0.387 e. The Bertz CT molecular complexity index is 572. The van der Waals surface area contributed by atoms with Crippen LogP contribution in [0.5, 0.6) is 5.75 Å². The van der Waals surface area contributed by atoms with Crippen LogP contribution in [-0.2, 0) is 14.3 Å². The second-order valence-corrected chi connectivity index (χ2v) is 5.18. The van der Waals surface area contributed by atoms with E-state index in [0.29, 0.717) is 12.0 Å². The van der Waals surface area contributed by atoms with E-state index in [9.17, 15) is 18.4 Å². The summed E-state index contributed by atoms with van der Waals surface area (Å²) in [4.78, 5) is 23.7.